The second-order valence-corrected chi connectivity index (χ2v) is 5.17. The molecule has 1 aliphatic rings. The van der Waals surface area contributed by atoms with Gasteiger partial charge in [0.25, 0.3) is 0 Å². The second kappa shape index (κ2) is 4.81. The molecule has 0 aromatic heterocycles. The molecule has 0 radical (unpaired) electrons. The normalized spacial score (nSPS) is 23.4. The molecule has 0 saturated carbocycles. The summed E-state index contributed by atoms with van der Waals surface area (Å²) in [5, 5.41) is 0. The predicted molar refractivity (Wildman–Crippen MR) is 30.5 cm³/mol. The fraction of sp³-hybridized carbons (Fsp3) is 1.00. The van der Waals surface area contributed by atoms with Crippen molar-refractivity contribution in [3.8, 4) is 0 Å². The minimum atomic E-state index is 0. The van der Waals surface area contributed by atoms with Gasteiger partial charge in [0.05, 0.1) is 0 Å². The Bertz CT molecular complexity index is 61.5. The molecule has 3 heteroatoms. The van der Waals surface area contributed by atoms with Gasteiger partial charge in [0.2, 0.25) is 0 Å². The first-order valence-corrected chi connectivity index (χ1v) is 5.02. The average molecular weight is 243 g/mol. The van der Waals surface area contributed by atoms with E-state index >= 15 is 0 Å². The molecule has 1 nitrogen and oxygen atoms in total. The first kappa shape index (κ1) is 10.1. The van der Waals surface area contributed by atoms with Crippen molar-refractivity contribution in [3.05, 3.63) is 0 Å². The minimum absolute atomic E-state index is 0. The molecule has 0 aromatic carbocycles. The van der Waals surface area contributed by atoms with E-state index in [9.17, 15) is 0 Å². The maximum atomic E-state index is 2.42. The summed E-state index contributed by atoms with van der Waals surface area (Å²) in [7, 11) is 2.21. The summed E-state index contributed by atoms with van der Waals surface area (Å²) in [6.45, 7) is 2.68. The zero-order valence-electron chi connectivity index (χ0n) is 5.94. The molecule has 0 amide bonds. The molecule has 0 bridgehead atoms. The molecule has 50 valence electrons. The summed E-state index contributed by atoms with van der Waals surface area (Å²) >= 11 is 1.51. The third kappa shape index (κ3) is 3.69. The first-order valence-electron chi connectivity index (χ1n) is 3.30. The average Bonchev–Trinajstić information content (AvgIpc) is 1.77. The van der Waals surface area contributed by atoms with Gasteiger partial charge in [-0.1, -0.05) is 0 Å². The van der Waals surface area contributed by atoms with E-state index < -0.39 is 0 Å². The van der Waals surface area contributed by atoms with Crippen LogP contribution in [0, 0.1) is 0 Å². The Balaban J connectivity index is 0.000000640. The third-order valence-electron chi connectivity index (χ3n) is 1.84. The van der Waals surface area contributed by atoms with Crippen LogP contribution in [0.5, 0.6) is 0 Å². The molecule has 0 atom stereocenters. The Labute approximate surface area is 77.6 Å². The van der Waals surface area contributed by atoms with E-state index in [0.29, 0.717) is 0 Å². The van der Waals surface area contributed by atoms with Crippen LogP contribution in [-0.4, -0.2) is 25.0 Å². The third-order valence-corrected chi connectivity index (χ3v) is 3.55. The van der Waals surface area contributed by atoms with Crippen LogP contribution in [0.4, 0.5) is 0 Å². The van der Waals surface area contributed by atoms with Gasteiger partial charge in [-0.3, -0.25) is 0 Å². The molecule has 0 aliphatic carbocycles. The van der Waals surface area contributed by atoms with Crippen LogP contribution in [0.25, 0.3) is 0 Å². The number of hydrogen-bond donors (Lipinski definition) is 0. The SMILES string of the molecule is CN1CC[CH]([Zn+])CC1.[Br-]. The first-order chi connectivity index (χ1) is 3.79. The number of likely N-dealkylation sites (tertiary alicyclic amines) is 1. The van der Waals surface area contributed by atoms with E-state index in [1.54, 1.807) is 0 Å². The van der Waals surface area contributed by atoms with E-state index in [1.807, 2.05) is 0 Å². The summed E-state index contributed by atoms with van der Waals surface area (Å²) in [5.74, 6) is 0. The van der Waals surface area contributed by atoms with E-state index in [1.165, 1.54) is 44.2 Å². The maximum Gasteiger partial charge on any atom is -1.00 e. The number of rotatable bonds is 0. The molecule has 0 aromatic rings. The predicted octanol–water partition coefficient (Wildman–Crippen LogP) is -1.95. The van der Waals surface area contributed by atoms with Gasteiger partial charge in [0, 0.05) is 0 Å². The molecule has 1 saturated heterocycles. The van der Waals surface area contributed by atoms with Gasteiger partial charge in [0.15, 0.2) is 0 Å². The van der Waals surface area contributed by atoms with Crippen molar-refractivity contribution in [2.75, 3.05) is 20.1 Å². The summed E-state index contributed by atoms with van der Waals surface area (Å²) in [4.78, 5) is 2.42. The summed E-state index contributed by atoms with van der Waals surface area (Å²) in [5.41, 5.74) is 0. The Morgan fingerprint density at radius 1 is 1.33 bits per heavy atom. The monoisotopic (exact) mass is 241 g/mol. The van der Waals surface area contributed by atoms with Crippen LogP contribution in [0.2, 0.25) is 4.51 Å². The fourth-order valence-electron chi connectivity index (χ4n) is 1.06. The van der Waals surface area contributed by atoms with Crippen molar-refractivity contribution in [2.24, 2.45) is 0 Å². The Morgan fingerprint density at radius 2 is 1.78 bits per heavy atom. The van der Waals surface area contributed by atoms with Crippen LogP contribution in [-0.2, 0) is 18.3 Å². The Morgan fingerprint density at radius 3 is 2.11 bits per heavy atom. The van der Waals surface area contributed by atoms with Crippen molar-refractivity contribution in [1.82, 2.24) is 4.90 Å². The van der Waals surface area contributed by atoms with Crippen LogP contribution in [0.3, 0.4) is 0 Å². The molecule has 0 unspecified atom stereocenters. The zero-order valence-corrected chi connectivity index (χ0v) is 10.5. The van der Waals surface area contributed by atoms with Crippen LogP contribution in [0.15, 0.2) is 0 Å². The molecular weight excluding hydrogens is 231 g/mol. The second-order valence-electron chi connectivity index (χ2n) is 2.75. The van der Waals surface area contributed by atoms with Crippen molar-refractivity contribution >= 4 is 0 Å². The van der Waals surface area contributed by atoms with E-state index in [-0.39, 0.29) is 17.0 Å². The topological polar surface area (TPSA) is 3.24 Å². The van der Waals surface area contributed by atoms with Gasteiger partial charge in [-0.15, -0.1) is 0 Å². The Hall–Kier alpha value is 1.06. The van der Waals surface area contributed by atoms with Gasteiger partial charge < -0.3 is 17.0 Å². The van der Waals surface area contributed by atoms with Gasteiger partial charge in [0.1, 0.15) is 0 Å². The Kier molecular flexibility index (Phi) is 5.38. The van der Waals surface area contributed by atoms with Crippen molar-refractivity contribution in [3.63, 3.8) is 0 Å². The molecule has 9 heavy (non-hydrogen) atoms. The smallest absolute Gasteiger partial charge is 1.00 e. The fourth-order valence-corrected chi connectivity index (χ4v) is 1.83. The molecular formula is C6H12BrNZn. The molecule has 1 fully saturated rings. The molecule has 0 spiro atoms. The molecule has 1 aliphatic heterocycles. The van der Waals surface area contributed by atoms with Crippen molar-refractivity contribution in [1.29, 1.82) is 0 Å². The number of piperidine rings is 1. The van der Waals surface area contributed by atoms with Gasteiger partial charge >= 0.3 is 60.7 Å². The largest absolute Gasteiger partial charge is 1.00 e. The van der Waals surface area contributed by atoms with Crippen LogP contribution in [0.1, 0.15) is 12.8 Å². The van der Waals surface area contributed by atoms with E-state index in [2.05, 4.69) is 11.9 Å². The van der Waals surface area contributed by atoms with E-state index in [0.717, 1.165) is 4.51 Å². The quantitative estimate of drug-likeness (QED) is 0.447. The van der Waals surface area contributed by atoms with Gasteiger partial charge in [-0.05, 0) is 0 Å². The number of hydrogen-bond acceptors (Lipinski definition) is 1. The molecule has 0 N–H and O–H groups in total. The number of halogens is 1. The van der Waals surface area contributed by atoms with Crippen LogP contribution < -0.4 is 17.0 Å². The van der Waals surface area contributed by atoms with Gasteiger partial charge in [-0.25, -0.2) is 0 Å². The van der Waals surface area contributed by atoms with Crippen LogP contribution >= 0.6 is 0 Å². The van der Waals surface area contributed by atoms with Crippen molar-refractivity contribution < 1.29 is 35.3 Å². The van der Waals surface area contributed by atoms with Crippen molar-refractivity contribution in [2.45, 2.75) is 17.4 Å². The summed E-state index contributed by atoms with van der Waals surface area (Å²) < 4.78 is 1.10. The zero-order chi connectivity index (χ0) is 5.98. The summed E-state index contributed by atoms with van der Waals surface area (Å²) in [6, 6.07) is 0. The minimum Gasteiger partial charge on any atom is -1.00 e. The standard InChI is InChI=1S/C6H12N.BrH.Zn/c1-7-5-3-2-4-6-7;;/h2H,3-6H2,1H3;1H;/q;;+1/p-1. The van der Waals surface area contributed by atoms with E-state index in [4.69, 9.17) is 0 Å². The maximum absolute atomic E-state index is 2.42. The number of nitrogens with zero attached hydrogens (tertiary/aromatic N) is 1. The molecule has 1 heterocycles. The summed E-state index contributed by atoms with van der Waals surface area (Å²) in [6.07, 6.45) is 2.91. The molecule has 1 rings (SSSR count). The van der Waals surface area contributed by atoms with Gasteiger partial charge in [-0.2, -0.15) is 0 Å².